The first-order valence-corrected chi connectivity index (χ1v) is 7.89. The molecule has 2 N–H and O–H groups in total. The average molecular weight is 275 g/mol. The van der Waals surface area contributed by atoms with E-state index in [1.54, 1.807) is 0 Å². The van der Waals surface area contributed by atoms with Gasteiger partial charge in [-0.3, -0.25) is 9.80 Å². The molecule has 0 radical (unpaired) electrons. The molecule has 112 valence electrons. The second-order valence-corrected chi connectivity index (χ2v) is 6.25. The second-order valence-electron chi connectivity index (χ2n) is 6.25. The summed E-state index contributed by atoms with van der Waals surface area (Å²) in [7, 11) is 0. The molecule has 1 aliphatic heterocycles. The molecule has 1 aliphatic rings. The molecule has 0 amide bonds. The summed E-state index contributed by atoms with van der Waals surface area (Å²) >= 11 is 0. The maximum atomic E-state index is 5.72. The Morgan fingerprint density at radius 1 is 1.30 bits per heavy atom. The van der Waals surface area contributed by atoms with Crippen molar-refractivity contribution in [2.75, 3.05) is 32.7 Å². The molecule has 1 atom stereocenters. The van der Waals surface area contributed by atoms with Gasteiger partial charge in [-0.05, 0) is 38.3 Å². The van der Waals surface area contributed by atoms with Crippen molar-refractivity contribution in [1.82, 2.24) is 9.80 Å². The Balaban J connectivity index is 1.80. The SMILES string of the molecule is CC(C)N(CCN)CC1CCN(Cc2ccccc2)C1. The average Bonchev–Trinajstić information content (AvgIpc) is 2.86. The number of rotatable bonds is 7. The van der Waals surface area contributed by atoms with E-state index in [4.69, 9.17) is 5.73 Å². The van der Waals surface area contributed by atoms with Gasteiger partial charge >= 0.3 is 0 Å². The van der Waals surface area contributed by atoms with Gasteiger partial charge in [0.25, 0.3) is 0 Å². The number of hydrogen-bond donors (Lipinski definition) is 1. The van der Waals surface area contributed by atoms with E-state index in [1.165, 1.54) is 31.6 Å². The minimum absolute atomic E-state index is 0.599. The van der Waals surface area contributed by atoms with E-state index in [-0.39, 0.29) is 0 Å². The van der Waals surface area contributed by atoms with Gasteiger partial charge in [-0.2, -0.15) is 0 Å². The summed E-state index contributed by atoms with van der Waals surface area (Å²) in [6.45, 7) is 11.1. The van der Waals surface area contributed by atoms with Crippen molar-refractivity contribution in [3.63, 3.8) is 0 Å². The van der Waals surface area contributed by atoms with Crippen LogP contribution in [0.3, 0.4) is 0 Å². The van der Waals surface area contributed by atoms with Crippen LogP contribution in [0.5, 0.6) is 0 Å². The standard InChI is InChI=1S/C17H29N3/c1-15(2)20(11-9-18)14-17-8-10-19(13-17)12-16-6-4-3-5-7-16/h3-7,15,17H,8-14,18H2,1-2H3. The molecule has 3 heteroatoms. The molecule has 1 aromatic rings. The lowest BCUT2D eigenvalue weighted by atomic mass is 10.1. The van der Waals surface area contributed by atoms with Crippen molar-refractivity contribution in [3.8, 4) is 0 Å². The minimum atomic E-state index is 0.599. The quantitative estimate of drug-likeness (QED) is 0.828. The van der Waals surface area contributed by atoms with Crippen molar-refractivity contribution in [2.24, 2.45) is 11.7 Å². The molecule has 20 heavy (non-hydrogen) atoms. The molecule has 1 fully saturated rings. The Kier molecular flexibility index (Phi) is 6.02. The van der Waals surface area contributed by atoms with Crippen LogP contribution >= 0.6 is 0 Å². The van der Waals surface area contributed by atoms with Crippen LogP contribution in [-0.2, 0) is 6.54 Å². The first-order chi connectivity index (χ1) is 9.69. The zero-order chi connectivity index (χ0) is 14.4. The van der Waals surface area contributed by atoms with Crippen molar-refractivity contribution >= 4 is 0 Å². The highest BCUT2D eigenvalue weighted by Crippen LogP contribution is 2.20. The Bertz CT molecular complexity index is 377. The van der Waals surface area contributed by atoms with Crippen LogP contribution in [0.4, 0.5) is 0 Å². The van der Waals surface area contributed by atoms with Gasteiger partial charge in [-0.1, -0.05) is 30.3 Å². The fraction of sp³-hybridized carbons (Fsp3) is 0.647. The maximum absolute atomic E-state index is 5.72. The molecule has 2 rings (SSSR count). The van der Waals surface area contributed by atoms with E-state index in [2.05, 4.69) is 54.0 Å². The molecule has 1 saturated heterocycles. The molecular weight excluding hydrogens is 246 g/mol. The summed E-state index contributed by atoms with van der Waals surface area (Å²) in [5.41, 5.74) is 7.15. The number of nitrogens with two attached hydrogens (primary N) is 1. The van der Waals surface area contributed by atoms with Crippen LogP contribution in [-0.4, -0.2) is 48.6 Å². The lowest BCUT2D eigenvalue weighted by Crippen LogP contribution is -2.39. The van der Waals surface area contributed by atoms with Crippen molar-refractivity contribution in [3.05, 3.63) is 35.9 Å². The summed E-state index contributed by atoms with van der Waals surface area (Å²) in [6, 6.07) is 11.4. The summed E-state index contributed by atoms with van der Waals surface area (Å²) in [5.74, 6) is 0.799. The fourth-order valence-electron chi connectivity index (χ4n) is 3.10. The third kappa shape index (κ3) is 4.58. The molecule has 1 heterocycles. The van der Waals surface area contributed by atoms with E-state index < -0.39 is 0 Å². The summed E-state index contributed by atoms with van der Waals surface area (Å²) in [5, 5.41) is 0. The topological polar surface area (TPSA) is 32.5 Å². The van der Waals surface area contributed by atoms with Crippen LogP contribution < -0.4 is 5.73 Å². The zero-order valence-corrected chi connectivity index (χ0v) is 13.0. The number of nitrogens with zero attached hydrogens (tertiary/aromatic N) is 2. The van der Waals surface area contributed by atoms with Crippen LogP contribution in [0.25, 0.3) is 0 Å². The van der Waals surface area contributed by atoms with Crippen LogP contribution in [0, 0.1) is 5.92 Å². The van der Waals surface area contributed by atoms with Gasteiger partial charge < -0.3 is 5.73 Å². The van der Waals surface area contributed by atoms with E-state index in [0.29, 0.717) is 6.04 Å². The first-order valence-electron chi connectivity index (χ1n) is 7.89. The normalized spacial score (nSPS) is 20.1. The third-order valence-electron chi connectivity index (χ3n) is 4.26. The Hall–Kier alpha value is -0.900. The molecular formula is C17H29N3. The Morgan fingerprint density at radius 3 is 2.70 bits per heavy atom. The van der Waals surface area contributed by atoms with Gasteiger partial charge in [-0.25, -0.2) is 0 Å². The molecule has 3 nitrogen and oxygen atoms in total. The number of benzene rings is 1. The van der Waals surface area contributed by atoms with Crippen molar-refractivity contribution in [2.45, 2.75) is 32.9 Å². The highest BCUT2D eigenvalue weighted by atomic mass is 15.2. The third-order valence-corrected chi connectivity index (χ3v) is 4.26. The molecule has 0 bridgehead atoms. The van der Waals surface area contributed by atoms with Gasteiger partial charge in [0.05, 0.1) is 0 Å². The highest BCUT2D eigenvalue weighted by Gasteiger charge is 2.24. The van der Waals surface area contributed by atoms with E-state index in [0.717, 1.165) is 25.6 Å². The lowest BCUT2D eigenvalue weighted by Gasteiger charge is -2.28. The molecule has 0 aliphatic carbocycles. The Labute approximate surface area is 123 Å². The molecule has 0 aromatic heterocycles. The molecule has 0 saturated carbocycles. The van der Waals surface area contributed by atoms with Crippen molar-refractivity contribution < 1.29 is 0 Å². The number of likely N-dealkylation sites (tertiary alicyclic amines) is 1. The van der Waals surface area contributed by atoms with E-state index in [9.17, 15) is 0 Å². The summed E-state index contributed by atoms with van der Waals surface area (Å²) < 4.78 is 0. The lowest BCUT2D eigenvalue weighted by molar-refractivity contribution is 0.189. The van der Waals surface area contributed by atoms with E-state index >= 15 is 0 Å². The molecule has 1 unspecified atom stereocenters. The largest absolute Gasteiger partial charge is 0.329 e. The van der Waals surface area contributed by atoms with Crippen LogP contribution in [0.1, 0.15) is 25.8 Å². The smallest absolute Gasteiger partial charge is 0.0233 e. The number of hydrogen-bond acceptors (Lipinski definition) is 3. The van der Waals surface area contributed by atoms with Gasteiger partial charge in [0.1, 0.15) is 0 Å². The van der Waals surface area contributed by atoms with Gasteiger partial charge in [0, 0.05) is 38.8 Å². The van der Waals surface area contributed by atoms with Crippen LogP contribution in [0.15, 0.2) is 30.3 Å². The van der Waals surface area contributed by atoms with Crippen LogP contribution in [0.2, 0.25) is 0 Å². The van der Waals surface area contributed by atoms with Crippen molar-refractivity contribution in [1.29, 1.82) is 0 Å². The predicted octanol–water partition coefficient (Wildman–Crippen LogP) is 2.18. The van der Waals surface area contributed by atoms with E-state index in [1.807, 2.05) is 0 Å². The predicted molar refractivity (Wildman–Crippen MR) is 85.6 cm³/mol. The molecule has 0 spiro atoms. The zero-order valence-electron chi connectivity index (χ0n) is 13.0. The minimum Gasteiger partial charge on any atom is -0.329 e. The first kappa shape index (κ1) is 15.5. The highest BCUT2D eigenvalue weighted by molar-refractivity contribution is 5.14. The van der Waals surface area contributed by atoms with Gasteiger partial charge in [0.2, 0.25) is 0 Å². The second kappa shape index (κ2) is 7.77. The fourth-order valence-corrected chi connectivity index (χ4v) is 3.10. The summed E-state index contributed by atoms with van der Waals surface area (Å²) in [6.07, 6.45) is 1.32. The molecule has 1 aromatic carbocycles. The van der Waals surface area contributed by atoms with Gasteiger partial charge in [-0.15, -0.1) is 0 Å². The van der Waals surface area contributed by atoms with Gasteiger partial charge in [0.15, 0.2) is 0 Å². The maximum Gasteiger partial charge on any atom is 0.0233 e. The summed E-state index contributed by atoms with van der Waals surface area (Å²) in [4.78, 5) is 5.11. The Morgan fingerprint density at radius 2 is 2.05 bits per heavy atom. The monoisotopic (exact) mass is 275 g/mol.